The Labute approximate surface area is 113 Å². The first-order valence-electron chi connectivity index (χ1n) is 5.87. The third-order valence-electron chi connectivity index (χ3n) is 2.72. The topological polar surface area (TPSA) is 67.8 Å². The predicted molar refractivity (Wildman–Crippen MR) is 71.7 cm³/mol. The fraction of sp³-hybridized carbons (Fsp3) is 0. The summed E-state index contributed by atoms with van der Waals surface area (Å²) in [6.07, 6.45) is 4.37. The molecule has 6 heteroatoms. The number of nitrogens with one attached hydrogen (secondary N) is 1. The van der Waals surface area contributed by atoms with Gasteiger partial charge in [0.25, 0.3) is 5.91 Å². The maximum Gasteiger partial charge on any atom is 0.259 e. The number of amides is 1. The average molecular weight is 268 g/mol. The van der Waals surface area contributed by atoms with Crippen LogP contribution in [0.3, 0.4) is 0 Å². The molecule has 1 aromatic carbocycles. The van der Waals surface area contributed by atoms with Crippen LogP contribution < -0.4 is 5.32 Å². The molecular formula is C14H9FN4O. The van der Waals surface area contributed by atoms with Crippen LogP contribution in [0.4, 0.5) is 10.3 Å². The molecule has 1 amide bonds. The first-order valence-corrected chi connectivity index (χ1v) is 5.87. The number of anilines is 1. The van der Waals surface area contributed by atoms with E-state index in [1.54, 1.807) is 24.3 Å². The molecule has 2 heterocycles. The van der Waals surface area contributed by atoms with Gasteiger partial charge in [-0.2, -0.15) is 0 Å². The van der Waals surface area contributed by atoms with E-state index in [9.17, 15) is 9.18 Å². The average Bonchev–Trinajstić information content (AvgIpc) is 2.48. The monoisotopic (exact) mass is 268 g/mol. The lowest BCUT2D eigenvalue weighted by molar-refractivity contribution is 0.102. The zero-order valence-corrected chi connectivity index (χ0v) is 10.2. The number of carbonyl (C=O) groups is 1. The van der Waals surface area contributed by atoms with Crippen LogP contribution in [-0.2, 0) is 0 Å². The molecule has 98 valence electrons. The van der Waals surface area contributed by atoms with Crippen LogP contribution in [0.2, 0.25) is 0 Å². The van der Waals surface area contributed by atoms with Gasteiger partial charge in [-0.15, -0.1) is 0 Å². The van der Waals surface area contributed by atoms with Crippen LogP contribution >= 0.6 is 0 Å². The van der Waals surface area contributed by atoms with Gasteiger partial charge < -0.3 is 0 Å². The maximum absolute atomic E-state index is 13.5. The third kappa shape index (κ3) is 2.31. The van der Waals surface area contributed by atoms with Crippen molar-refractivity contribution in [2.75, 3.05) is 5.32 Å². The van der Waals surface area contributed by atoms with Crippen molar-refractivity contribution in [3.8, 4) is 0 Å². The van der Waals surface area contributed by atoms with Gasteiger partial charge in [-0.25, -0.2) is 14.4 Å². The summed E-state index contributed by atoms with van der Waals surface area (Å²) in [5.41, 5.74) is 0.551. The summed E-state index contributed by atoms with van der Waals surface area (Å²) in [6.45, 7) is 0. The quantitative estimate of drug-likeness (QED) is 0.775. The Morgan fingerprint density at radius 1 is 1.10 bits per heavy atom. The number of pyridine rings is 1. The van der Waals surface area contributed by atoms with Crippen LogP contribution in [-0.4, -0.2) is 20.9 Å². The number of halogens is 1. The molecule has 2 aromatic heterocycles. The molecule has 0 aliphatic rings. The Hall–Kier alpha value is -2.89. The molecule has 0 saturated heterocycles. The summed E-state index contributed by atoms with van der Waals surface area (Å²) < 4.78 is 13.5. The van der Waals surface area contributed by atoms with Gasteiger partial charge in [-0.05, 0) is 18.2 Å². The molecule has 0 unspecified atom stereocenters. The number of nitrogens with zero attached hydrogens (tertiary/aromatic N) is 3. The smallest absolute Gasteiger partial charge is 0.259 e. The van der Waals surface area contributed by atoms with E-state index in [0.717, 1.165) is 0 Å². The van der Waals surface area contributed by atoms with Crippen LogP contribution in [0.5, 0.6) is 0 Å². The van der Waals surface area contributed by atoms with Crippen molar-refractivity contribution in [3.05, 3.63) is 60.3 Å². The van der Waals surface area contributed by atoms with Gasteiger partial charge in [0, 0.05) is 24.0 Å². The van der Waals surface area contributed by atoms with Crippen molar-refractivity contribution in [2.45, 2.75) is 0 Å². The lowest BCUT2D eigenvalue weighted by Gasteiger charge is -2.04. The molecule has 1 N–H and O–H groups in total. The van der Waals surface area contributed by atoms with Crippen molar-refractivity contribution in [2.24, 2.45) is 0 Å². The van der Waals surface area contributed by atoms with Gasteiger partial charge in [0.1, 0.15) is 11.3 Å². The molecule has 5 nitrogen and oxygen atoms in total. The molecule has 0 saturated carbocycles. The van der Waals surface area contributed by atoms with Crippen LogP contribution in [0, 0.1) is 5.82 Å². The highest BCUT2D eigenvalue weighted by atomic mass is 19.1. The summed E-state index contributed by atoms with van der Waals surface area (Å²) >= 11 is 0. The van der Waals surface area contributed by atoms with E-state index in [4.69, 9.17) is 0 Å². The summed E-state index contributed by atoms with van der Waals surface area (Å²) in [6, 6.07) is 7.81. The van der Waals surface area contributed by atoms with Crippen molar-refractivity contribution < 1.29 is 9.18 Å². The van der Waals surface area contributed by atoms with Crippen molar-refractivity contribution in [1.29, 1.82) is 0 Å². The molecule has 0 radical (unpaired) electrons. The number of fused-ring (bicyclic) bond motifs is 1. The Kier molecular flexibility index (Phi) is 3.04. The predicted octanol–water partition coefficient (Wildman–Crippen LogP) is 2.42. The van der Waals surface area contributed by atoms with E-state index >= 15 is 0 Å². The van der Waals surface area contributed by atoms with Gasteiger partial charge in [0.05, 0.1) is 5.56 Å². The summed E-state index contributed by atoms with van der Waals surface area (Å²) in [7, 11) is 0. The van der Waals surface area contributed by atoms with Crippen molar-refractivity contribution in [3.63, 3.8) is 0 Å². The number of aromatic nitrogens is 3. The summed E-state index contributed by atoms with van der Waals surface area (Å²) in [5.74, 6) is -0.604. The van der Waals surface area contributed by atoms with Crippen LogP contribution in [0.1, 0.15) is 10.4 Å². The lowest BCUT2D eigenvalue weighted by atomic mass is 10.1. The van der Waals surface area contributed by atoms with E-state index in [2.05, 4.69) is 20.3 Å². The second kappa shape index (κ2) is 5.00. The lowest BCUT2D eigenvalue weighted by Crippen LogP contribution is -2.14. The minimum atomic E-state index is -0.416. The molecule has 0 bridgehead atoms. The van der Waals surface area contributed by atoms with Gasteiger partial charge in [0.2, 0.25) is 5.95 Å². The van der Waals surface area contributed by atoms with Gasteiger partial charge >= 0.3 is 0 Å². The number of hydrogen-bond donors (Lipinski definition) is 1. The maximum atomic E-state index is 13.5. The van der Waals surface area contributed by atoms with Crippen LogP contribution in [0.15, 0.2) is 48.9 Å². The normalized spacial score (nSPS) is 10.4. The van der Waals surface area contributed by atoms with E-state index in [-0.39, 0.29) is 11.5 Å². The number of benzene rings is 1. The van der Waals surface area contributed by atoms with E-state index in [0.29, 0.717) is 10.9 Å². The molecule has 0 fully saturated rings. The molecule has 3 aromatic rings. The fourth-order valence-corrected chi connectivity index (χ4v) is 1.79. The third-order valence-corrected chi connectivity index (χ3v) is 2.72. The fourth-order valence-electron chi connectivity index (χ4n) is 1.79. The molecule has 0 spiro atoms. The minimum Gasteiger partial charge on any atom is -0.290 e. The van der Waals surface area contributed by atoms with Gasteiger partial charge in [-0.1, -0.05) is 12.1 Å². The second-order valence-electron chi connectivity index (χ2n) is 4.06. The van der Waals surface area contributed by atoms with Gasteiger partial charge in [0.15, 0.2) is 0 Å². The Morgan fingerprint density at radius 2 is 1.90 bits per heavy atom. The molecule has 20 heavy (non-hydrogen) atoms. The first kappa shape index (κ1) is 12.2. The first-order chi connectivity index (χ1) is 9.74. The number of para-hydroxylation sites is 1. The molecule has 0 aliphatic carbocycles. The Morgan fingerprint density at radius 3 is 2.70 bits per heavy atom. The van der Waals surface area contributed by atoms with E-state index < -0.39 is 11.7 Å². The van der Waals surface area contributed by atoms with E-state index in [1.165, 1.54) is 24.7 Å². The number of carbonyl (C=O) groups excluding carboxylic acids is 1. The molecule has 3 rings (SSSR count). The minimum absolute atomic E-state index is 0.205. The van der Waals surface area contributed by atoms with Gasteiger partial charge in [-0.3, -0.25) is 15.1 Å². The zero-order chi connectivity index (χ0) is 13.9. The van der Waals surface area contributed by atoms with Crippen molar-refractivity contribution in [1.82, 2.24) is 15.0 Å². The van der Waals surface area contributed by atoms with Crippen LogP contribution in [0.25, 0.3) is 10.9 Å². The summed E-state index contributed by atoms with van der Waals surface area (Å²) in [5, 5.41) is 3.10. The SMILES string of the molecule is O=C(Nc1ncccn1)c1cnc2c(F)cccc2c1. The van der Waals surface area contributed by atoms with Crippen molar-refractivity contribution >= 4 is 22.8 Å². The highest BCUT2D eigenvalue weighted by molar-refractivity contribution is 6.04. The Bertz CT molecular complexity index is 776. The second-order valence-corrected chi connectivity index (χ2v) is 4.06. The molecule has 0 atom stereocenters. The molecular weight excluding hydrogens is 259 g/mol. The Balaban J connectivity index is 1.92. The largest absolute Gasteiger partial charge is 0.290 e. The highest BCUT2D eigenvalue weighted by Gasteiger charge is 2.10. The highest BCUT2D eigenvalue weighted by Crippen LogP contribution is 2.16. The zero-order valence-electron chi connectivity index (χ0n) is 10.2. The number of rotatable bonds is 2. The summed E-state index contributed by atoms with van der Waals surface area (Å²) in [4.78, 5) is 23.8. The number of hydrogen-bond acceptors (Lipinski definition) is 4. The van der Waals surface area contributed by atoms with E-state index in [1.807, 2.05) is 0 Å². The standard InChI is InChI=1S/C14H9FN4O/c15-11-4-1-3-9-7-10(8-18-12(9)11)13(20)19-14-16-5-2-6-17-14/h1-8H,(H,16,17,19,20). The molecule has 0 aliphatic heterocycles.